The number of rotatable bonds is 7. The number of ether oxygens (including phenoxy) is 1. The smallest absolute Gasteiger partial charge is 0.326 e. The second-order valence-electron chi connectivity index (χ2n) is 6.31. The average Bonchev–Trinajstić information content (AvgIpc) is 3.13. The molecule has 0 atom stereocenters. The lowest BCUT2D eigenvalue weighted by atomic mass is 10.2. The quantitative estimate of drug-likeness (QED) is 0.717. The number of hydrogen-bond donors (Lipinski definition) is 1. The molecule has 0 radical (unpaired) electrons. The Labute approximate surface area is 162 Å². The van der Waals surface area contributed by atoms with Gasteiger partial charge in [0.2, 0.25) is 11.9 Å². The molecule has 0 spiro atoms. The Balaban J connectivity index is 1.48. The van der Waals surface area contributed by atoms with E-state index in [1.165, 1.54) is 4.90 Å². The van der Waals surface area contributed by atoms with E-state index in [2.05, 4.69) is 15.3 Å². The number of anilines is 3. The molecule has 2 amide bonds. The Bertz CT molecular complexity index is 858. The molecule has 0 saturated carbocycles. The van der Waals surface area contributed by atoms with Gasteiger partial charge in [-0.3, -0.25) is 14.4 Å². The molecule has 1 fully saturated rings. The monoisotopic (exact) mass is 383 g/mol. The fourth-order valence-corrected chi connectivity index (χ4v) is 2.81. The van der Waals surface area contributed by atoms with Crippen LogP contribution in [0.3, 0.4) is 0 Å². The maximum absolute atomic E-state index is 12.1. The lowest BCUT2D eigenvalue weighted by Gasteiger charge is -2.17. The van der Waals surface area contributed by atoms with Crippen LogP contribution in [0.15, 0.2) is 42.7 Å². The van der Waals surface area contributed by atoms with Gasteiger partial charge < -0.3 is 19.9 Å². The molecular weight excluding hydrogens is 362 g/mol. The number of amides is 2. The van der Waals surface area contributed by atoms with Crippen molar-refractivity contribution in [1.82, 2.24) is 9.97 Å². The van der Waals surface area contributed by atoms with E-state index in [1.807, 2.05) is 6.07 Å². The van der Waals surface area contributed by atoms with Crippen molar-refractivity contribution in [2.75, 3.05) is 41.9 Å². The normalized spacial score (nSPS) is 13.3. The average molecular weight is 383 g/mol. The van der Waals surface area contributed by atoms with Gasteiger partial charge in [0, 0.05) is 43.8 Å². The lowest BCUT2D eigenvalue weighted by Crippen LogP contribution is -2.30. The van der Waals surface area contributed by atoms with Crippen LogP contribution in [0.2, 0.25) is 0 Å². The number of benzene rings is 1. The van der Waals surface area contributed by atoms with Crippen LogP contribution in [0.5, 0.6) is 0 Å². The first-order chi connectivity index (χ1) is 13.5. The van der Waals surface area contributed by atoms with Crippen molar-refractivity contribution < 1.29 is 19.1 Å². The topological polar surface area (TPSA) is 105 Å². The van der Waals surface area contributed by atoms with E-state index < -0.39 is 18.5 Å². The molecule has 28 heavy (non-hydrogen) atoms. The zero-order chi connectivity index (χ0) is 19.9. The van der Waals surface area contributed by atoms with Gasteiger partial charge in [0.05, 0.1) is 0 Å². The number of likely N-dealkylation sites (N-methyl/N-ethyl adjacent to an activating group) is 1. The van der Waals surface area contributed by atoms with Gasteiger partial charge in [-0.15, -0.1) is 0 Å². The molecule has 2 heterocycles. The first-order valence-corrected chi connectivity index (χ1v) is 8.87. The molecular formula is C19H21N5O4. The zero-order valence-electron chi connectivity index (χ0n) is 15.5. The molecule has 9 heteroatoms. The number of carbonyl (C=O) groups excluding carboxylic acids is 3. The highest BCUT2D eigenvalue weighted by atomic mass is 16.5. The Hall–Kier alpha value is -3.49. The van der Waals surface area contributed by atoms with Gasteiger partial charge in [-0.05, 0) is 30.7 Å². The second-order valence-corrected chi connectivity index (χ2v) is 6.31. The van der Waals surface area contributed by atoms with Crippen molar-refractivity contribution in [3.63, 3.8) is 0 Å². The summed E-state index contributed by atoms with van der Waals surface area (Å²) in [6.45, 7) is 0.186. The number of esters is 1. The fraction of sp³-hybridized carbons (Fsp3) is 0.316. The molecule has 3 rings (SSSR count). The molecule has 146 valence electrons. The summed E-state index contributed by atoms with van der Waals surface area (Å²) in [6.07, 6.45) is 4.51. The molecule has 9 nitrogen and oxygen atoms in total. The van der Waals surface area contributed by atoms with Gasteiger partial charge in [0.1, 0.15) is 6.54 Å². The summed E-state index contributed by atoms with van der Waals surface area (Å²) in [5.41, 5.74) is 1.27. The Morgan fingerprint density at radius 3 is 2.75 bits per heavy atom. The van der Waals surface area contributed by atoms with Crippen molar-refractivity contribution >= 4 is 35.1 Å². The molecule has 0 unspecified atom stereocenters. The van der Waals surface area contributed by atoms with E-state index in [0.29, 0.717) is 24.6 Å². The Morgan fingerprint density at radius 2 is 2.04 bits per heavy atom. The molecule has 1 aromatic heterocycles. The predicted octanol–water partition coefficient (Wildman–Crippen LogP) is 1.22. The van der Waals surface area contributed by atoms with Crippen molar-refractivity contribution in [3.8, 4) is 0 Å². The molecule has 1 aromatic carbocycles. The van der Waals surface area contributed by atoms with Gasteiger partial charge >= 0.3 is 5.97 Å². The summed E-state index contributed by atoms with van der Waals surface area (Å²) in [5, 5.41) is 2.67. The van der Waals surface area contributed by atoms with E-state index in [9.17, 15) is 14.4 Å². The van der Waals surface area contributed by atoms with Crippen LogP contribution >= 0.6 is 0 Å². The van der Waals surface area contributed by atoms with Gasteiger partial charge in [0.25, 0.3) is 5.91 Å². The summed E-state index contributed by atoms with van der Waals surface area (Å²) in [4.78, 5) is 47.1. The summed E-state index contributed by atoms with van der Waals surface area (Å²) in [7, 11) is 1.65. The van der Waals surface area contributed by atoms with Crippen molar-refractivity contribution in [3.05, 3.63) is 42.7 Å². The van der Waals surface area contributed by atoms with Crippen LogP contribution in [0.25, 0.3) is 0 Å². The maximum Gasteiger partial charge on any atom is 0.326 e. The van der Waals surface area contributed by atoms with Crippen LogP contribution in [0.4, 0.5) is 17.3 Å². The molecule has 2 aromatic rings. The number of aromatic nitrogens is 2. The Morgan fingerprint density at radius 1 is 1.25 bits per heavy atom. The van der Waals surface area contributed by atoms with E-state index in [0.717, 1.165) is 12.1 Å². The highest BCUT2D eigenvalue weighted by Gasteiger charge is 2.21. The number of nitrogens with one attached hydrogen (secondary N) is 1. The van der Waals surface area contributed by atoms with Crippen molar-refractivity contribution in [2.45, 2.75) is 12.8 Å². The summed E-state index contributed by atoms with van der Waals surface area (Å²) in [6, 6.07) is 8.69. The lowest BCUT2D eigenvalue weighted by molar-refractivity contribution is -0.145. The predicted molar refractivity (Wildman–Crippen MR) is 103 cm³/mol. The molecule has 1 aliphatic heterocycles. The van der Waals surface area contributed by atoms with E-state index in [-0.39, 0.29) is 12.5 Å². The fourth-order valence-electron chi connectivity index (χ4n) is 2.81. The molecule has 1 N–H and O–H groups in total. The minimum absolute atomic E-state index is 0.0731. The van der Waals surface area contributed by atoms with Crippen molar-refractivity contribution in [1.29, 1.82) is 0 Å². The summed E-state index contributed by atoms with van der Waals surface area (Å²) >= 11 is 0. The van der Waals surface area contributed by atoms with Crippen LogP contribution in [0, 0.1) is 0 Å². The second kappa shape index (κ2) is 8.94. The third-order valence-corrected chi connectivity index (χ3v) is 4.14. The van der Waals surface area contributed by atoms with Gasteiger partial charge in [-0.1, -0.05) is 6.07 Å². The third-order valence-electron chi connectivity index (χ3n) is 4.14. The van der Waals surface area contributed by atoms with Gasteiger partial charge in [-0.2, -0.15) is 0 Å². The van der Waals surface area contributed by atoms with E-state index in [4.69, 9.17) is 4.74 Å². The third kappa shape index (κ3) is 5.03. The van der Waals surface area contributed by atoms with Crippen LogP contribution in [-0.4, -0.2) is 54.5 Å². The van der Waals surface area contributed by atoms with Gasteiger partial charge in [-0.25, -0.2) is 9.97 Å². The minimum Gasteiger partial charge on any atom is -0.454 e. The van der Waals surface area contributed by atoms with Crippen LogP contribution in [-0.2, 0) is 19.1 Å². The number of carbonyl (C=O) groups is 3. The largest absolute Gasteiger partial charge is 0.454 e. The molecule has 0 aliphatic carbocycles. The van der Waals surface area contributed by atoms with E-state index in [1.54, 1.807) is 48.6 Å². The standard InChI is InChI=1S/C19H21N5O4/c1-23(19-20-8-4-9-21-19)12-18(27)28-13-16(25)22-14-5-2-6-15(11-14)24-10-3-7-17(24)26/h2,4-6,8-9,11H,3,7,10,12-13H2,1H3,(H,22,25). The SMILES string of the molecule is CN(CC(=O)OCC(=O)Nc1cccc(N2CCCC2=O)c1)c1ncccn1. The first-order valence-electron chi connectivity index (χ1n) is 8.87. The molecule has 1 aliphatic rings. The van der Waals surface area contributed by atoms with Crippen molar-refractivity contribution in [2.24, 2.45) is 0 Å². The summed E-state index contributed by atoms with van der Waals surface area (Å²) < 4.78 is 5.00. The minimum atomic E-state index is -0.568. The summed E-state index contributed by atoms with van der Waals surface area (Å²) in [5.74, 6) is -0.570. The maximum atomic E-state index is 12.1. The molecule has 1 saturated heterocycles. The number of nitrogens with zero attached hydrogens (tertiary/aromatic N) is 4. The number of hydrogen-bond acceptors (Lipinski definition) is 7. The highest BCUT2D eigenvalue weighted by molar-refractivity contribution is 5.97. The first kappa shape index (κ1) is 19.3. The zero-order valence-corrected chi connectivity index (χ0v) is 15.5. The van der Waals surface area contributed by atoms with Crippen LogP contribution < -0.4 is 15.1 Å². The van der Waals surface area contributed by atoms with Gasteiger partial charge in [0.15, 0.2) is 6.61 Å². The van der Waals surface area contributed by atoms with Crippen LogP contribution in [0.1, 0.15) is 12.8 Å². The Kier molecular flexibility index (Phi) is 6.15. The highest BCUT2D eigenvalue weighted by Crippen LogP contribution is 2.24. The van der Waals surface area contributed by atoms with E-state index >= 15 is 0 Å². The molecule has 0 bridgehead atoms.